The van der Waals surface area contributed by atoms with E-state index in [0.717, 1.165) is 12.4 Å². The SMILES string of the molecule is CCOC1CCN(CC2(CS)CCCCCC2)CC1. The molecule has 0 bridgehead atoms. The second-order valence-electron chi connectivity index (χ2n) is 6.50. The summed E-state index contributed by atoms with van der Waals surface area (Å²) in [6, 6.07) is 0. The van der Waals surface area contributed by atoms with Crippen molar-refractivity contribution in [2.75, 3.05) is 32.0 Å². The van der Waals surface area contributed by atoms with Crippen molar-refractivity contribution in [2.45, 2.75) is 64.4 Å². The molecular weight excluding hydrogens is 254 g/mol. The number of nitrogens with zero attached hydrogens (tertiary/aromatic N) is 1. The van der Waals surface area contributed by atoms with Gasteiger partial charge in [0.15, 0.2) is 0 Å². The standard InChI is InChI=1S/C16H31NOS/c1-2-18-15-7-11-17(12-8-15)13-16(14-19)9-5-3-4-6-10-16/h15,19H,2-14H2,1H3. The van der Waals surface area contributed by atoms with Crippen LogP contribution in [-0.2, 0) is 4.74 Å². The maximum absolute atomic E-state index is 5.75. The first-order chi connectivity index (χ1) is 9.28. The van der Waals surface area contributed by atoms with Crippen LogP contribution in [0.25, 0.3) is 0 Å². The summed E-state index contributed by atoms with van der Waals surface area (Å²) in [6.07, 6.45) is 11.4. The predicted molar refractivity (Wildman–Crippen MR) is 85.1 cm³/mol. The summed E-state index contributed by atoms with van der Waals surface area (Å²) in [7, 11) is 0. The fourth-order valence-electron chi connectivity index (χ4n) is 3.79. The van der Waals surface area contributed by atoms with Gasteiger partial charge in [0, 0.05) is 26.2 Å². The average Bonchev–Trinajstić information content (AvgIpc) is 2.68. The zero-order valence-corrected chi connectivity index (χ0v) is 13.5. The van der Waals surface area contributed by atoms with Crippen LogP contribution in [0.1, 0.15) is 58.3 Å². The van der Waals surface area contributed by atoms with Gasteiger partial charge in [0.25, 0.3) is 0 Å². The van der Waals surface area contributed by atoms with Gasteiger partial charge in [-0.05, 0) is 43.8 Å². The molecule has 0 aromatic heterocycles. The fourth-order valence-corrected chi connectivity index (χ4v) is 4.21. The first-order valence-electron chi connectivity index (χ1n) is 8.23. The van der Waals surface area contributed by atoms with E-state index in [9.17, 15) is 0 Å². The zero-order chi connectivity index (χ0) is 13.6. The lowest BCUT2D eigenvalue weighted by Crippen LogP contribution is -2.44. The van der Waals surface area contributed by atoms with E-state index in [-0.39, 0.29) is 0 Å². The summed E-state index contributed by atoms with van der Waals surface area (Å²) < 4.78 is 5.75. The highest BCUT2D eigenvalue weighted by Crippen LogP contribution is 2.37. The Hall–Kier alpha value is 0.270. The summed E-state index contributed by atoms with van der Waals surface area (Å²) in [5, 5.41) is 0. The molecule has 1 saturated carbocycles. The van der Waals surface area contributed by atoms with E-state index in [0.29, 0.717) is 11.5 Å². The molecule has 0 radical (unpaired) electrons. The van der Waals surface area contributed by atoms with Crippen molar-refractivity contribution < 1.29 is 4.74 Å². The quantitative estimate of drug-likeness (QED) is 0.610. The Morgan fingerprint density at radius 3 is 2.26 bits per heavy atom. The van der Waals surface area contributed by atoms with Crippen LogP contribution in [0.4, 0.5) is 0 Å². The van der Waals surface area contributed by atoms with Gasteiger partial charge in [0.05, 0.1) is 6.10 Å². The Morgan fingerprint density at radius 1 is 1.11 bits per heavy atom. The number of hydrogen-bond donors (Lipinski definition) is 1. The van der Waals surface area contributed by atoms with E-state index in [1.54, 1.807) is 0 Å². The van der Waals surface area contributed by atoms with Crippen molar-refractivity contribution >= 4 is 12.6 Å². The molecule has 112 valence electrons. The molecule has 1 heterocycles. The lowest BCUT2D eigenvalue weighted by atomic mass is 9.81. The minimum Gasteiger partial charge on any atom is -0.378 e. The second kappa shape index (κ2) is 7.90. The maximum Gasteiger partial charge on any atom is 0.0599 e. The summed E-state index contributed by atoms with van der Waals surface area (Å²) in [5.74, 6) is 1.07. The molecule has 2 fully saturated rings. The molecule has 2 nitrogen and oxygen atoms in total. The van der Waals surface area contributed by atoms with Crippen LogP contribution in [0.15, 0.2) is 0 Å². The van der Waals surface area contributed by atoms with Crippen LogP contribution < -0.4 is 0 Å². The van der Waals surface area contributed by atoms with Crippen molar-refractivity contribution in [3.63, 3.8) is 0 Å². The van der Waals surface area contributed by atoms with Gasteiger partial charge in [-0.2, -0.15) is 12.6 Å². The Kier molecular flexibility index (Phi) is 6.51. The van der Waals surface area contributed by atoms with Crippen LogP contribution in [0, 0.1) is 5.41 Å². The van der Waals surface area contributed by atoms with Crippen LogP contribution >= 0.6 is 12.6 Å². The molecule has 1 aliphatic heterocycles. The molecule has 2 rings (SSSR count). The fraction of sp³-hybridized carbons (Fsp3) is 1.00. The van der Waals surface area contributed by atoms with Crippen molar-refractivity contribution in [3.8, 4) is 0 Å². The lowest BCUT2D eigenvalue weighted by molar-refractivity contribution is 0.00435. The van der Waals surface area contributed by atoms with Crippen molar-refractivity contribution in [2.24, 2.45) is 5.41 Å². The van der Waals surface area contributed by atoms with Gasteiger partial charge in [-0.1, -0.05) is 25.7 Å². The topological polar surface area (TPSA) is 12.5 Å². The number of ether oxygens (including phenoxy) is 1. The van der Waals surface area contributed by atoms with Crippen LogP contribution in [0.3, 0.4) is 0 Å². The van der Waals surface area contributed by atoms with E-state index in [4.69, 9.17) is 17.4 Å². The molecule has 0 spiro atoms. The summed E-state index contributed by atoms with van der Waals surface area (Å²) in [4.78, 5) is 2.68. The van der Waals surface area contributed by atoms with E-state index in [2.05, 4.69) is 11.8 Å². The minimum absolute atomic E-state index is 0.498. The van der Waals surface area contributed by atoms with Crippen molar-refractivity contribution in [1.29, 1.82) is 0 Å². The molecule has 2 aliphatic rings. The van der Waals surface area contributed by atoms with Crippen molar-refractivity contribution in [1.82, 2.24) is 4.90 Å². The van der Waals surface area contributed by atoms with Gasteiger partial charge in [-0.3, -0.25) is 0 Å². The molecule has 0 atom stereocenters. The smallest absolute Gasteiger partial charge is 0.0599 e. The molecule has 3 heteroatoms. The van der Waals surface area contributed by atoms with E-state index in [1.165, 1.54) is 71.0 Å². The van der Waals surface area contributed by atoms with E-state index in [1.807, 2.05) is 0 Å². The van der Waals surface area contributed by atoms with Gasteiger partial charge in [-0.15, -0.1) is 0 Å². The number of rotatable bonds is 5. The Bertz CT molecular complexity index is 243. The zero-order valence-electron chi connectivity index (χ0n) is 12.6. The third-order valence-electron chi connectivity index (χ3n) is 5.00. The Balaban J connectivity index is 1.82. The molecule has 19 heavy (non-hydrogen) atoms. The molecule has 0 aromatic rings. The summed E-state index contributed by atoms with van der Waals surface area (Å²) in [5.41, 5.74) is 0.498. The Morgan fingerprint density at radius 2 is 1.74 bits per heavy atom. The normalized spacial score (nSPS) is 26.2. The Labute approximate surface area is 124 Å². The largest absolute Gasteiger partial charge is 0.378 e. The van der Waals surface area contributed by atoms with Crippen LogP contribution in [0.5, 0.6) is 0 Å². The third-order valence-corrected chi connectivity index (χ3v) is 5.67. The molecule has 0 N–H and O–H groups in total. The highest BCUT2D eigenvalue weighted by atomic mass is 32.1. The van der Waals surface area contributed by atoms with Crippen LogP contribution in [-0.4, -0.2) is 43.0 Å². The number of likely N-dealkylation sites (tertiary alicyclic amines) is 1. The highest BCUT2D eigenvalue weighted by Gasteiger charge is 2.33. The number of piperidine rings is 1. The minimum atomic E-state index is 0.498. The van der Waals surface area contributed by atoms with Gasteiger partial charge in [0.1, 0.15) is 0 Å². The lowest BCUT2D eigenvalue weighted by Gasteiger charge is -2.40. The van der Waals surface area contributed by atoms with Crippen molar-refractivity contribution in [3.05, 3.63) is 0 Å². The van der Waals surface area contributed by atoms with Crippen LogP contribution in [0.2, 0.25) is 0 Å². The molecule has 0 amide bonds. The molecular formula is C16H31NOS. The molecule has 0 unspecified atom stereocenters. The maximum atomic E-state index is 5.75. The second-order valence-corrected chi connectivity index (χ2v) is 6.82. The molecule has 1 saturated heterocycles. The number of thiol groups is 1. The van der Waals surface area contributed by atoms with Gasteiger partial charge in [-0.25, -0.2) is 0 Å². The van der Waals surface area contributed by atoms with Gasteiger partial charge < -0.3 is 9.64 Å². The molecule has 1 aliphatic carbocycles. The van der Waals surface area contributed by atoms with Gasteiger partial charge >= 0.3 is 0 Å². The van der Waals surface area contributed by atoms with E-state index < -0.39 is 0 Å². The monoisotopic (exact) mass is 285 g/mol. The molecule has 0 aromatic carbocycles. The summed E-state index contributed by atoms with van der Waals surface area (Å²) in [6.45, 7) is 6.69. The predicted octanol–water partition coefficient (Wildman–Crippen LogP) is 3.76. The first kappa shape index (κ1) is 15.7. The highest BCUT2D eigenvalue weighted by molar-refractivity contribution is 7.80. The summed E-state index contributed by atoms with van der Waals surface area (Å²) >= 11 is 4.70. The van der Waals surface area contributed by atoms with Gasteiger partial charge in [0.2, 0.25) is 0 Å². The number of hydrogen-bond acceptors (Lipinski definition) is 3. The third kappa shape index (κ3) is 4.64. The van der Waals surface area contributed by atoms with E-state index >= 15 is 0 Å². The first-order valence-corrected chi connectivity index (χ1v) is 8.86. The average molecular weight is 285 g/mol.